The number of alkyl halides is 2. The average molecular weight is 362 g/mol. The molecule has 0 fully saturated rings. The Morgan fingerprint density at radius 2 is 2.08 bits per heavy atom. The standard InChI is InChI=1S/C19H24F2N4O/c1-3-5-12(2)10-14(22)18-13(11-16(20)21)6-4-7-15(18)25-9-8-17(23)24-19(25)26/h4,6-9,14,16H,2-3,5,10-11,22H2,1H3,(H2,23,24,26). The van der Waals surface area contributed by atoms with Crippen LogP contribution in [0.1, 0.15) is 43.4 Å². The van der Waals surface area contributed by atoms with Gasteiger partial charge in [-0.25, -0.2) is 13.6 Å². The van der Waals surface area contributed by atoms with E-state index in [1.807, 2.05) is 6.92 Å². The maximum absolute atomic E-state index is 13.1. The Morgan fingerprint density at radius 3 is 2.69 bits per heavy atom. The number of nitrogens with zero attached hydrogens (tertiary/aromatic N) is 2. The molecule has 0 saturated heterocycles. The molecule has 5 nitrogen and oxygen atoms in total. The minimum atomic E-state index is -2.52. The first-order valence-electron chi connectivity index (χ1n) is 8.51. The van der Waals surface area contributed by atoms with Crippen LogP contribution in [-0.4, -0.2) is 16.0 Å². The second kappa shape index (κ2) is 8.71. The molecule has 0 saturated carbocycles. The molecular formula is C19H24F2N4O. The molecule has 2 aromatic rings. The van der Waals surface area contributed by atoms with Gasteiger partial charge in [-0.05, 0) is 36.1 Å². The monoisotopic (exact) mass is 362 g/mol. The number of aromatic nitrogens is 2. The molecule has 0 bridgehead atoms. The molecule has 0 spiro atoms. The molecule has 0 radical (unpaired) electrons. The molecular weight excluding hydrogens is 338 g/mol. The number of anilines is 1. The Hall–Kier alpha value is -2.54. The number of nitrogens with two attached hydrogens (primary N) is 2. The number of halogens is 2. The van der Waals surface area contributed by atoms with Gasteiger partial charge < -0.3 is 11.5 Å². The largest absolute Gasteiger partial charge is 0.383 e. The van der Waals surface area contributed by atoms with Crippen molar-refractivity contribution >= 4 is 5.82 Å². The number of benzene rings is 1. The molecule has 0 aliphatic carbocycles. The summed E-state index contributed by atoms with van der Waals surface area (Å²) < 4.78 is 27.4. The Balaban J connectivity index is 2.57. The zero-order valence-electron chi connectivity index (χ0n) is 14.8. The first-order chi connectivity index (χ1) is 12.3. The average Bonchev–Trinajstić information content (AvgIpc) is 2.54. The number of rotatable bonds is 8. The molecule has 1 aromatic heterocycles. The molecule has 1 aromatic carbocycles. The van der Waals surface area contributed by atoms with Crippen LogP contribution in [0.15, 0.2) is 47.4 Å². The summed E-state index contributed by atoms with van der Waals surface area (Å²) in [5.74, 6) is 0.0946. The van der Waals surface area contributed by atoms with Crippen molar-refractivity contribution in [2.45, 2.75) is 45.1 Å². The lowest BCUT2D eigenvalue weighted by Crippen LogP contribution is -2.25. The Morgan fingerprint density at radius 1 is 1.35 bits per heavy atom. The van der Waals surface area contributed by atoms with E-state index in [4.69, 9.17) is 11.5 Å². The summed E-state index contributed by atoms with van der Waals surface area (Å²) in [7, 11) is 0. The molecule has 1 heterocycles. The second-order valence-corrected chi connectivity index (χ2v) is 6.26. The van der Waals surface area contributed by atoms with Gasteiger partial charge >= 0.3 is 5.69 Å². The summed E-state index contributed by atoms with van der Waals surface area (Å²) in [5, 5.41) is 0. The maximum Gasteiger partial charge on any atom is 0.354 e. The smallest absolute Gasteiger partial charge is 0.354 e. The molecule has 0 aliphatic rings. The first-order valence-corrected chi connectivity index (χ1v) is 8.51. The van der Waals surface area contributed by atoms with Gasteiger partial charge in [-0.15, -0.1) is 0 Å². The summed E-state index contributed by atoms with van der Waals surface area (Å²) in [6, 6.07) is 5.85. The SMILES string of the molecule is C=C(CCC)CC(N)c1c(CC(F)F)cccc1-n1ccc(N)nc1=O. The molecule has 0 aliphatic heterocycles. The zero-order valence-corrected chi connectivity index (χ0v) is 14.8. The molecule has 1 unspecified atom stereocenters. The van der Waals surface area contributed by atoms with Gasteiger partial charge in [0.1, 0.15) is 5.82 Å². The lowest BCUT2D eigenvalue weighted by Gasteiger charge is -2.22. The second-order valence-electron chi connectivity index (χ2n) is 6.26. The van der Waals surface area contributed by atoms with E-state index < -0.39 is 24.6 Å². The highest BCUT2D eigenvalue weighted by atomic mass is 19.3. The van der Waals surface area contributed by atoms with Crippen LogP contribution in [-0.2, 0) is 6.42 Å². The van der Waals surface area contributed by atoms with Crippen molar-refractivity contribution in [1.82, 2.24) is 9.55 Å². The summed E-state index contributed by atoms with van der Waals surface area (Å²) in [6.07, 6.45) is 0.716. The minimum Gasteiger partial charge on any atom is -0.383 e. The van der Waals surface area contributed by atoms with Crippen molar-refractivity contribution in [3.63, 3.8) is 0 Å². The Labute approximate surface area is 151 Å². The number of nitrogen functional groups attached to an aromatic ring is 1. The highest BCUT2D eigenvalue weighted by molar-refractivity contribution is 5.49. The van der Waals surface area contributed by atoms with Gasteiger partial charge in [0.2, 0.25) is 6.43 Å². The van der Waals surface area contributed by atoms with Crippen molar-refractivity contribution in [3.05, 3.63) is 64.2 Å². The fraction of sp³-hybridized carbons (Fsp3) is 0.368. The van der Waals surface area contributed by atoms with E-state index in [-0.39, 0.29) is 5.82 Å². The van der Waals surface area contributed by atoms with Crippen molar-refractivity contribution < 1.29 is 8.78 Å². The predicted octanol–water partition coefficient (Wildman–Crippen LogP) is 3.37. The lowest BCUT2D eigenvalue weighted by atomic mass is 9.91. The quantitative estimate of drug-likeness (QED) is 0.705. The molecule has 0 amide bonds. The van der Waals surface area contributed by atoms with E-state index in [1.54, 1.807) is 18.2 Å². The minimum absolute atomic E-state index is 0.0946. The van der Waals surface area contributed by atoms with Gasteiger partial charge in [0.05, 0.1) is 5.69 Å². The Bertz CT molecular complexity index is 833. The van der Waals surface area contributed by atoms with Crippen LogP contribution in [0, 0.1) is 0 Å². The van der Waals surface area contributed by atoms with Crippen molar-refractivity contribution in [2.24, 2.45) is 5.73 Å². The summed E-state index contributed by atoms with van der Waals surface area (Å²) in [6.45, 7) is 6.04. The van der Waals surface area contributed by atoms with Gasteiger partial charge in [-0.2, -0.15) is 4.98 Å². The van der Waals surface area contributed by atoms with Crippen LogP contribution in [0.4, 0.5) is 14.6 Å². The Kier molecular flexibility index (Phi) is 6.63. The lowest BCUT2D eigenvalue weighted by molar-refractivity contribution is 0.148. The zero-order chi connectivity index (χ0) is 19.3. The van der Waals surface area contributed by atoms with Crippen LogP contribution < -0.4 is 17.2 Å². The molecule has 1 atom stereocenters. The third-order valence-corrected chi connectivity index (χ3v) is 4.12. The van der Waals surface area contributed by atoms with Gasteiger partial charge in [-0.1, -0.05) is 37.6 Å². The van der Waals surface area contributed by atoms with E-state index in [9.17, 15) is 13.6 Å². The fourth-order valence-electron chi connectivity index (χ4n) is 3.05. The summed E-state index contributed by atoms with van der Waals surface area (Å²) in [4.78, 5) is 15.9. The van der Waals surface area contributed by atoms with Crippen LogP contribution >= 0.6 is 0 Å². The first kappa shape index (κ1) is 19.8. The van der Waals surface area contributed by atoms with Crippen molar-refractivity contribution in [1.29, 1.82) is 0 Å². The van der Waals surface area contributed by atoms with E-state index in [2.05, 4.69) is 11.6 Å². The van der Waals surface area contributed by atoms with Crippen LogP contribution in [0.5, 0.6) is 0 Å². The summed E-state index contributed by atoms with van der Waals surface area (Å²) >= 11 is 0. The number of hydrogen-bond donors (Lipinski definition) is 2. The number of hydrogen-bond acceptors (Lipinski definition) is 4. The van der Waals surface area contributed by atoms with Gasteiger partial charge in [0.15, 0.2) is 0 Å². The molecule has 7 heteroatoms. The van der Waals surface area contributed by atoms with Crippen LogP contribution in [0.3, 0.4) is 0 Å². The van der Waals surface area contributed by atoms with Gasteiger partial charge in [0.25, 0.3) is 0 Å². The van der Waals surface area contributed by atoms with E-state index in [0.717, 1.165) is 18.4 Å². The fourth-order valence-corrected chi connectivity index (χ4v) is 3.05. The normalized spacial score (nSPS) is 12.3. The van der Waals surface area contributed by atoms with Crippen LogP contribution in [0.2, 0.25) is 0 Å². The van der Waals surface area contributed by atoms with Crippen molar-refractivity contribution in [3.8, 4) is 5.69 Å². The predicted molar refractivity (Wildman–Crippen MR) is 99.5 cm³/mol. The van der Waals surface area contributed by atoms with Gasteiger partial charge in [0, 0.05) is 18.7 Å². The molecule has 2 rings (SSSR count). The maximum atomic E-state index is 13.1. The third kappa shape index (κ3) is 4.76. The summed E-state index contributed by atoms with van der Waals surface area (Å²) in [5.41, 5.74) is 13.6. The third-order valence-electron chi connectivity index (χ3n) is 4.12. The van der Waals surface area contributed by atoms with Gasteiger partial charge in [-0.3, -0.25) is 4.57 Å². The molecule has 140 valence electrons. The molecule has 26 heavy (non-hydrogen) atoms. The van der Waals surface area contributed by atoms with Crippen LogP contribution in [0.25, 0.3) is 5.69 Å². The van der Waals surface area contributed by atoms with E-state index in [0.29, 0.717) is 23.2 Å². The topological polar surface area (TPSA) is 86.9 Å². The van der Waals surface area contributed by atoms with E-state index in [1.165, 1.54) is 16.8 Å². The highest BCUT2D eigenvalue weighted by Crippen LogP contribution is 2.30. The van der Waals surface area contributed by atoms with Crippen molar-refractivity contribution in [2.75, 3.05) is 5.73 Å². The molecule has 4 N–H and O–H groups in total. The van der Waals surface area contributed by atoms with E-state index >= 15 is 0 Å². The highest BCUT2D eigenvalue weighted by Gasteiger charge is 2.20.